The van der Waals surface area contributed by atoms with Gasteiger partial charge in [0, 0.05) is 45.1 Å². The van der Waals surface area contributed by atoms with Crippen molar-refractivity contribution in [2.45, 2.75) is 50.2 Å². The summed E-state index contributed by atoms with van der Waals surface area (Å²) in [5.74, 6) is 0.785. The van der Waals surface area contributed by atoms with Crippen molar-refractivity contribution in [2.24, 2.45) is 0 Å². The number of carbonyl (C=O) groups excluding carboxylic acids is 1. The van der Waals surface area contributed by atoms with Crippen LogP contribution in [0.5, 0.6) is 0 Å². The molecule has 3 fully saturated rings. The zero-order valence-electron chi connectivity index (χ0n) is 14.7. The Labute approximate surface area is 148 Å². The normalized spacial score (nSPS) is 29.4. The number of amides is 2. The molecule has 7 heteroatoms. The lowest BCUT2D eigenvalue weighted by Crippen LogP contribution is -2.48. The summed E-state index contributed by atoms with van der Waals surface area (Å²) >= 11 is 0. The Kier molecular flexibility index (Phi) is 4.74. The van der Waals surface area contributed by atoms with Gasteiger partial charge in [-0.05, 0) is 44.6 Å². The van der Waals surface area contributed by atoms with Gasteiger partial charge in [0.1, 0.15) is 0 Å². The molecule has 1 aromatic heterocycles. The van der Waals surface area contributed by atoms with Gasteiger partial charge in [0.15, 0.2) is 0 Å². The van der Waals surface area contributed by atoms with E-state index in [9.17, 15) is 4.79 Å². The van der Waals surface area contributed by atoms with E-state index in [1.807, 2.05) is 11.0 Å². The number of rotatable bonds is 3. The van der Waals surface area contributed by atoms with Crippen LogP contribution in [-0.2, 0) is 4.74 Å². The van der Waals surface area contributed by atoms with Crippen LogP contribution >= 0.6 is 0 Å². The van der Waals surface area contributed by atoms with Crippen molar-refractivity contribution < 1.29 is 9.53 Å². The van der Waals surface area contributed by atoms with E-state index in [2.05, 4.69) is 20.2 Å². The number of nitrogens with one attached hydrogen (secondary N) is 1. The first kappa shape index (κ1) is 16.6. The van der Waals surface area contributed by atoms with Crippen molar-refractivity contribution in [3.8, 4) is 0 Å². The lowest BCUT2D eigenvalue weighted by Gasteiger charge is -2.38. The monoisotopic (exact) mass is 345 g/mol. The smallest absolute Gasteiger partial charge is 0.317 e. The maximum absolute atomic E-state index is 12.2. The number of hydrogen-bond donors (Lipinski definition) is 1. The summed E-state index contributed by atoms with van der Waals surface area (Å²) in [6, 6.07) is 1.90. The molecule has 7 nitrogen and oxygen atoms in total. The number of anilines is 1. The van der Waals surface area contributed by atoms with Crippen LogP contribution < -0.4 is 10.2 Å². The second kappa shape index (κ2) is 7.15. The van der Waals surface area contributed by atoms with Crippen LogP contribution in [0.15, 0.2) is 18.5 Å². The second-order valence-corrected chi connectivity index (χ2v) is 7.42. The van der Waals surface area contributed by atoms with E-state index in [1.165, 1.54) is 0 Å². The van der Waals surface area contributed by atoms with Gasteiger partial charge in [-0.1, -0.05) is 0 Å². The van der Waals surface area contributed by atoms with Crippen molar-refractivity contribution in [3.63, 3.8) is 0 Å². The molecular formula is C18H27N5O2. The highest BCUT2D eigenvalue weighted by Crippen LogP contribution is 2.37. The Morgan fingerprint density at radius 2 is 2.00 bits per heavy atom. The summed E-state index contributed by atoms with van der Waals surface area (Å²) in [6.07, 6.45) is 10.2. The molecule has 0 aliphatic carbocycles. The molecule has 1 aromatic rings. The van der Waals surface area contributed by atoms with Gasteiger partial charge in [0.2, 0.25) is 5.95 Å². The van der Waals surface area contributed by atoms with Gasteiger partial charge >= 0.3 is 6.03 Å². The topological polar surface area (TPSA) is 70.6 Å². The van der Waals surface area contributed by atoms with E-state index in [0.29, 0.717) is 6.54 Å². The molecule has 2 atom stereocenters. The standard InChI is InChI=1S/C18H27N5O2/c24-17(22-10-1-2-11-22)21-13-15-5-3-6-18(25-15)7-12-23(14-18)16-19-8-4-9-20-16/h4,8-9,15H,1-3,5-7,10-14H2,(H,21,24)/t15-,18+/m0/s1. The van der Waals surface area contributed by atoms with Gasteiger partial charge in [-0.2, -0.15) is 0 Å². The number of hydrogen-bond acceptors (Lipinski definition) is 5. The molecule has 0 bridgehead atoms. The highest BCUT2D eigenvalue weighted by atomic mass is 16.5. The summed E-state index contributed by atoms with van der Waals surface area (Å²) in [4.78, 5) is 25.0. The molecule has 0 aromatic carbocycles. The first-order valence-corrected chi connectivity index (χ1v) is 9.47. The van der Waals surface area contributed by atoms with E-state index in [0.717, 1.165) is 70.7 Å². The fourth-order valence-corrected chi connectivity index (χ4v) is 4.27. The maximum atomic E-state index is 12.2. The molecule has 1 N–H and O–H groups in total. The lowest BCUT2D eigenvalue weighted by atomic mass is 9.90. The third-order valence-corrected chi connectivity index (χ3v) is 5.60. The van der Waals surface area contributed by atoms with E-state index in [-0.39, 0.29) is 17.7 Å². The van der Waals surface area contributed by atoms with Crippen molar-refractivity contribution >= 4 is 12.0 Å². The molecule has 0 unspecified atom stereocenters. The average molecular weight is 345 g/mol. The van der Waals surface area contributed by atoms with Gasteiger partial charge in [-0.15, -0.1) is 0 Å². The van der Waals surface area contributed by atoms with Gasteiger partial charge < -0.3 is 19.9 Å². The van der Waals surface area contributed by atoms with Gasteiger partial charge in [0.25, 0.3) is 0 Å². The molecule has 4 heterocycles. The third kappa shape index (κ3) is 3.71. The number of aromatic nitrogens is 2. The first-order valence-electron chi connectivity index (χ1n) is 9.47. The molecule has 3 saturated heterocycles. The molecule has 25 heavy (non-hydrogen) atoms. The van der Waals surface area contributed by atoms with Crippen LogP contribution in [0.25, 0.3) is 0 Å². The molecule has 3 aliphatic rings. The van der Waals surface area contributed by atoms with Crippen LogP contribution in [0.1, 0.15) is 38.5 Å². The Morgan fingerprint density at radius 3 is 2.80 bits per heavy atom. The van der Waals surface area contributed by atoms with Crippen molar-refractivity contribution in [1.29, 1.82) is 0 Å². The minimum Gasteiger partial charge on any atom is -0.368 e. The Bertz CT molecular complexity index is 592. The highest BCUT2D eigenvalue weighted by molar-refractivity contribution is 5.74. The summed E-state index contributed by atoms with van der Waals surface area (Å²) in [5, 5.41) is 3.07. The minimum atomic E-state index is -0.111. The largest absolute Gasteiger partial charge is 0.368 e. The summed E-state index contributed by atoms with van der Waals surface area (Å²) < 4.78 is 6.47. The highest BCUT2D eigenvalue weighted by Gasteiger charge is 2.43. The average Bonchev–Trinajstić information content (AvgIpc) is 3.31. The molecule has 0 radical (unpaired) electrons. The minimum absolute atomic E-state index is 0.0615. The molecule has 3 aliphatic heterocycles. The zero-order valence-corrected chi connectivity index (χ0v) is 14.7. The van der Waals surface area contributed by atoms with E-state index in [1.54, 1.807) is 12.4 Å². The quantitative estimate of drug-likeness (QED) is 0.904. The predicted molar refractivity (Wildman–Crippen MR) is 94.5 cm³/mol. The Hall–Kier alpha value is -1.89. The van der Waals surface area contributed by atoms with Gasteiger partial charge in [-0.25, -0.2) is 14.8 Å². The van der Waals surface area contributed by atoms with Gasteiger partial charge in [0.05, 0.1) is 11.7 Å². The predicted octanol–water partition coefficient (Wildman–Crippen LogP) is 1.80. The number of nitrogens with zero attached hydrogens (tertiary/aromatic N) is 4. The zero-order chi connectivity index (χ0) is 17.1. The van der Waals surface area contributed by atoms with Crippen molar-refractivity contribution in [1.82, 2.24) is 20.2 Å². The van der Waals surface area contributed by atoms with Crippen molar-refractivity contribution in [2.75, 3.05) is 37.6 Å². The lowest BCUT2D eigenvalue weighted by molar-refractivity contribution is -0.113. The van der Waals surface area contributed by atoms with E-state index < -0.39 is 0 Å². The Morgan fingerprint density at radius 1 is 1.20 bits per heavy atom. The van der Waals surface area contributed by atoms with Crippen LogP contribution in [0, 0.1) is 0 Å². The summed E-state index contributed by atoms with van der Waals surface area (Å²) in [7, 11) is 0. The van der Waals surface area contributed by atoms with Crippen LogP contribution in [-0.4, -0.2) is 65.3 Å². The maximum Gasteiger partial charge on any atom is 0.317 e. The Balaban J connectivity index is 1.31. The fraction of sp³-hybridized carbons (Fsp3) is 0.722. The van der Waals surface area contributed by atoms with Crippen LogP contribution in [0.3, 0.4) is 0 Å². The number of carbonyl (C=O) groups is 1. The van der Waals surface area contributed by atoms with Gasteiger partial charge in [-0.3, -0.25) is 0 Å². The number of urea groups is 1. The van der Waals surface area contributed by atoms with Crippen LogP contribution in [0.4, 0.5) is 10.7 Å². The third-order valence-electron chi connectivity index (χ3n) is 5.60. The van der Waals surface area contributed by atoms with Crippen LogP contribution in [0.2, 0.25) is 0 Å². The molecule has 4 rings (SSSR count). The van der Waals surface area contributed by atoms with Crippen molar-refractivity contribution in [3.05, 3.63) is 18.5 Å². The summed E-state index contributed by atoms with van der Waals surface area (Å²) in [5.41, 5.74) is -0.111. The second-order valence-electron chi connectivity index (χ2n) is 7.42. The van der Waals surface area contributed by atoms with E-state index in [4.69, 9.17) is 4.74 Å². The number of likely N-dealkylation sites (tertiary alicyclic amines) is 1. The molecule has 1 spiro atoms. The molecule has 2 amide bonds. The SMILES string of the molecule is O=C(NC[C@@H]1CCC[C@]2(CCN(c3ncccn3)C2)O1)N1CCCC1. The first-order chi connectivity index (χ1) is 12.2. The van der Waals surface area contributed by atoms with E-state index >= 15 is 0 Å². The fourth-order valence-electron chi connectivity index (χ4n) is 4.27. The number of ether oxygens (including phenoxy) is 1. The molecule has 0 saturated carbocycles. The molecule has 136 valence electrons. The summed E-state index contributed by atoms with van der Waals surface area (Å²) in [6.45, 7) is 4.14. The molecular weight excluding hydrogens is 318 g/mol.